The van der Waals surface area contributed by atoms with Crippen molar-refractivity contribution >= 4 is 55.5 Å². The van der Waals surface area contributed by atoms with Gasteiger partial charge in [-0.15, -0.1) is 0 Å². The average molecular weight is 505 g/mol. The molecule has 1 aromatic heterocycles. The van der Waals surface area contributed by atoms with E-state index in [9.17, 15) is 0 Å². The summed E-state index contributed by atoms with van der Waals surface area (Å²) in [5, 5.41) is 7.95. The minimum absolute atomic E-state index is 0.211. The molecule has 1 N–H and O–H groups in total. The molecule has 4 heteroatoms. The van der Waals surface area contributed by atoms with Crippen LogP contribution in [0.2, 0.25) is 0 Å². The van der Waals surface area contributed by atoms with Gasteiger partial charge >= 0.3 is 0 Å². The van der Waals surface area contributed by atoms with Crippen LogP contribution in [0.15, 0.2) is 138 Å². The number of hydrogen-bond acceptors (Lipinski definition) is 4. The molecule has 2 heterocycles. The first-order chi connectivity index (χ1) is 19.3. The molecule has 1 aliphatic rings. The molecule has 0 radical (unpaired) electrons. The van der Waals surface area contributed by atoms with Crippen molar-refractivity contribution in [2.24, 2.45) is 0 Å². The number of hydrogen-bond donors (Lipinski definition) is 1. The second kappa shape index (κ2) is 8.67. The number of fused-ring (bicyclic) bond motifs is 6. The summed E-state index contributed by atoms with van der Waals surface area (Å²) in [5.74, 6) is 0.882. The van der Waals surface area contributed by atoms with E-state index in [0.717, 1.165) is 66.8 Å². The molecule has 6 aromatic carbocycles. The molecule has 0 amide bonds. The minimum atomic E-state index is -0.211. The first-order valence-corrected chi connectivity index (χ1v) is 13.1. The second-order valence-corrected chi connectivity index (χ2v) is 9.82. The van der Waals surface area contributed by atoms with E-state index in [1.54, 1.807) is 0 Å². The molecule has 1 atom stereocenters. The van der Waals surface area contributed by atoms with Gasteiger partial charge in [0.1, 0.15) is 11.2 Å². The Labute approximate surface area is 225 Å². The van der Waals surface area contributed by atoms with Crippen molar-refractivity contribution in [3.63, 3.8) is 0 Å². The van der Waals surface area contributed by atoms with Crippen molar-refractivity contribution < 1.29 is 9.15 Å². The summed E-state index contributed by atoms with van der Waals surface area (Å²) in [5.41, 5.74) is 7.12. The first kappa shape index (κ1) is 21.8. The van der Waals surface area contributed by atoms with Crippen LogP contribution in [0.1, 0.15) is 11.8 Å². The lowest BCUT2D eigenvalue weighted by Gasteiger charge is -2.27. The molecule has 186 valence electrons. The maximum absolute atomic E-state index is 6.51. The summed E-state index contributed by atoms with van der Waals surface area (Å²) >= 11 is 0. The van der Waals surface area contributed by atoms with Crippen molar-refractivity contribution in [3.8, 4) is 5.75 Å². The third kappa shape index (κ3) is 3.53. The molecule has 39 heavy (non-hydrogen) atoms. The minimum Gasteiger partial charge on any atom is -0.464 e. The monoisotopic (exact) mass is 504 g/mol. The molecule has 7 aromatic rings. The van der Waals surface area contributed by atoms with E-state index in [4.69, 9.17) is 9.15 Å². The lowest BCUT2D eigenvalue weighted by atomic mass is 10.0. The molecule has 1 aliphatic heterocycles. The maximum Gasteiger partial charge on any atom is 0.196 e. The topological polar surface area (TPSA) is 37.6 Å². The molecule has 0 saturated heterocycles. The van der Waals surface area contributed by atoms with Crippen LogP contribution in [0.4, 0.5) is 22.7 Å². The van der Waals surface area contributed by atoms with Crippen LogP contribution in [0.3, 0.4) is 0 Å². The molecule has 0 bridgehead atoms. The van der Waals surface area contributed by atoms with Crippen LogP contribution < -0.4 is 15.0 Å². The quantitative estimate of drug-likeness (QED) is 0.259. The Morgan fingerprint density at radius 1 is 0.538 bits per heavy atom. The van der Waals surface area contributed by atoms with Crippen LogP contribution in [0, 0.1) is 0 Å². The summed E-state index contributed by atoms with van der Waals surface area (Å²) < 4.78 is 12.6. The van der Waals surface area contributed by atoms with E-state index in [1.165, 1.54) is 0 Å². The molecule has 0 fully saturated rings. The van der Waals surface area contributed by atoms with E-state index in [2.05, 4.69) is 107 Å². The number of ether oxygens (including phenoxy) is 1. The smallest absolute Gasteiger partial charge is 0.196 e. The van der Waals surface area contributed by atoms with Gasteiger partial charge in [0.25, 0.3) is 0 Å². The van der Waals surface area contributed by atoms with Crippen molar-refractivity contribution in [1.29, 1.82) is 0 Å². The summed E-state index contributed by atoms with van der Waals surface area (Å²) in [7, 11) is 0. The van der Waals surface area contributed by atoms with Crippen LogP contribution in [-0.2, 0) is 0 Å². The number of benzene rings is 6. The number of anilines is 4. The van der Waals surface area contributed by atoms with Gasteiger partial charge in [-0.3, -0.25) is 0 Å². The van der Waals surface area contributed by atoms with Gasteiger partial charge in [0, 0.05) is 38.5 Å². The van der Waals surface area contributed by atoms with E-state index >= 15 is 0 Å². The van der Waals surface area contributed by atoms with Gasteiger partial charge in [-0.2, -0.15) is 0 Å². The fourth-order valence-corrected chi connectivity index (χ4v) is 5.67. The van der Waals surface area contributed by atoms with Crippen LogP contribution >= 0.6 is 0 Å². The zero-order valence-electron chi connectivity index (χ0n) is 21.0. The van der Waals surface area contributed by atoms with Gasteiger partial charge in [-0.25, -0.2) is 0 Å². The van der Waals surface area contributed by atoms with Crippen molar-refractivity contribution in [2.45, 2.75) is 6.23 Å². The van der Waals surface area contributed by atoms with Crippen LogP contribution in [-0.4, -0.2) is 0 Å². The molecule has 0 saturated carbocycles. The lowest BCUT2D eigenvalue weighted by Crippen LogP contribution is -2.10. The lowest BCUT2D eigenvalue weighted by molar-refractivity contribution is 0.262. The van der Waals surface area contributed by atoms with E-state index in [0.29, 0.717) is 0 Å². The van der Waals surface area contributed by atoms with Gasteiger partial charge < -0.3 is 19.4 Å². The highest BCUT2D eigenvalue weighted by Crippen LogP contribution is 2.47. The summed E-state index contributed by atoms with van der Waals surface area (Å²) in [6, 6.07) is 46.1. The van der Waals surface area contributed by atoms with Crippen molar-refractivity contribution in [3.05, 3.63) is 139 Å². The molecule has 1 unspecified atom stereocenters. The Kier molecular flexibility index (Phi) is 4.85. The Hall–Kier alpha value is -5.22. The van der Waals surface area contributed by atoms with Gasteiger partial charge in [0.2, 0.25) is 0 Å². The third-order valence-corrected chi connectivity index (χ3v) is 7.49. The van der Waals surface area contributed by atoms with E-state index in [-0.39, 0.29) is 6.23 Å². The maximum atomic E-state index is 6.51. The normalized spacial score (nSPS) is 14.3. The van der Waals surface area contributed by atoms with Crippen LogP contribution in [0.25, 0.3) is 32.7 Å². The number of furan rings is 1. The molecular weight excluding hydrogens is 480 g/mol. The Morgan fingerprint density at radius 2 is 1.28 bits per heavy atom. The summed E-state index contributed by atoms with van der Waals surface area (Å²) in [6.07, 6.45) is -0.211. The van der Waals surface area contributed by atoms with Gasteiger partial charge in [0.15, 0.2) is 12.0 Å². The molecule has 4 nitrogen and oxygen atoms in total. The Morgan fingerprint density at radius 3 is 2.15 bits per heavy atom. The highest BCUT2D eigenvalue weighted by Gasteiger charge is 2.26. The fraction of sp³-hybridized carbons (Fsp3) is 0.0286. The zero-order chi connectivity index (χ0) is 25.8. The third-order valence-electron chi connectivity index (χ3n) is 7.49. The molecular formula is C35H24N2O2. The van der Waals surface area contributed by atoms with Gasteiger partial charge in [-0.05, 0) is 54.6 Å². The van der Waals surface area contributed by atoms with Crippen LogP contribution in [0.5, 0.6) is 5.75 Å². The predicted molar refractivity (Wildman–Crippen MR) is 159 cm³/mol. The molecule has 8 rings (SSSR count). The summed E-state index contributed by atoms with van der Waals surface area (Å²) in [4.78, 5) is 2.31. The second-order valence-electron chi connectivity index (χ2n) is 9.82. The largest absolute Gasteiger partial charge is 0.464 e. The highest BCUT2D eigenvalue weighted by atomic mass is 16.5. The molecule has 0 spiro atoms. The van der Waals surface area contributed by atoms with E-state index < -0.39 is 0 Å². The Bertz CT molecular complexity index is 1980. The van der Waals surface area contributed by atoms with Gasteiger partial charge in [0.05, 0.1) is 11.4 Å². The summed E-state index contributed by atoms with van der Waals surface area (Å²) in [6.45, 7) is 0. The van der Waals surface area contributed by atoms with Crippen molar-refractivity contribution in [1.82, 2.24) is 0 Å². The SMILES string of the molecule is c1ccc(C2Nc3ccc4c(N(c5ccccc5)c5ccc6oc7ccccc7c6c5)cccc4c3O2)cc1. The van der Waals surface area contributed by atoms with E-state index in [1.807, 2.05) is 36.4 Å². The predicted octanol–water partition coefficient (Wildman–Crippen LogP) is 9.71. The number of nitrogens with one attached hydrogen (secondary N) is 1. The first-order valence-electron chi connectivity index (χ1n) is 13.1. The highest BCUT2D eigenvalue weighted by molar-refractivity contribution is 6.08. The van der Waals surface area contributed by atoms with Crippen molar-refractivity contribution in [2.75, 3.05) is 10.2 Å². The average Bonchev–Trinajstić information content (AvgIpc) is 3.60. The number of nitrogens with zero attached hydrogens (tertiary/aromatic N) is 1. The number of para-hydroxylation sites is 2. The Balaban J connectivity index is 1.31. The fourth-order valence-electron chi connectivity index (χ4n) is 5.67. The molecule has 0 aliphatic carbocycles. The standard InChI is InChI=1S/C35H24N2O2/c1-3-10-23(11-4-1)35-36-30-20-19-26-28(34(30)39-35)15-9-16-31(26)37(24-12-5-2-6-13-24)25-18-21-33-29(22-25)27-14-7-8-17-32(27)38-33/h1-22,35-36H. The van der Waals surface area contributed by atoms with Gasteiger partial charge in [-0.1, -0.05) is 78.9 Å². The number of rotatable bonds is 4. The zero-order valence-corrected chi connectivity index (χ0v) is 21.0.